The molecule has 0 aromatic heterocycles. The molecule has 4 heteroatoms. The Kier molecular flexibility index (Phi) is 5.75. The fourth-order valence-corrected chi connectivity index (χ4v) is 3.92. The third kappa shape index (κ3) is 3.83. The Hall–Kier alpha value is -0.610. The minimum atomic E-state index is 0.633. The summed E-state index contributed by atoms with van der Waals surface area (Å²) in [7, 11) is 0. The molecule has 1 aromatic carbocycles. The van der Waals surface area contributed by atoms with E-state index in [0.29, 0.717) is 12.1 Å². The Balaban J connectivity index is 1.79. The molecule has 0 amide bonds. The minimum Gasteiger partial charge on any atom is -0.381 e. The van der Waals surface area contributed by atoms with Crippen LogP contribution in [0.1, 0.15) is 36.8 Å². The third-order valence-corrected chi connectivity index (χ3v) is 5.60. The number of nitrogens with zero attached hydrogens (tertiary/aromatic N) is 1. The van der Waals surface area contributed by atoms with E-state index in [9.17, 15) is 0 Å². The van der Waals surface area contributed by atoms with Gasteiger partial charge in [-0.2, -0.15) is 0 Å². The van der Waals surface area contributed by atoms with Crippen molar-refractivity contribution in [2.75, 3.05) is 26.3 Å². The largest absolute Gasteiger partial charge is 0.381 e. The van der Waals surface area contributed by atoms with Crippen LogP contribution in [0.15, 0.2) is 18.2 Å². The summed E-state index contributed by atoms with van der Waals surface area (Å²) in [5.74, 6) is 0. The molecule has 0 atom stereocenters. The number of ether oxygens (including phenoxy) is 1. The zero-order valence-electron chi connectivity index (χ0n) is 13.5. The van der Waals surface area contributed by atoms with Gasteiger partial charge in [0.05, 0.1) is 0 Å². The molecule has 2 fully saturated rings. The second kappa shape index (κ2) is 7.78. The highest BCUT2D eigenvalue weighted by Crippen LogP contribution is 2.28. The van der Waals surface area contributed by atoms with Crippen molar-refractivity contribution < 1.29 is 4.74 Å². The maximum Gasteiger partial charge on any atom is 0.0480 e. The summed E-state index contributed by atoms with van der Waals surface area (Å²) in [4.78, 5) is 2.71. The van der Waals surface area contributed by atoms with E-state index in [4.69, 9.17) is 16.3 Å². The standard InChI is InChI=1S/C18H27ClN2O/c1-14-3-2-4-15(18(14)19)13-21(16-5-9-20-10-6-16)17-7-11-22-12-8-17/h2-4,16-17,20H,5-13H2,1H3. The average Bonchev–Trinajstić information content (AvgIpc) is 2.58. The van der Waals surface area contributed by atoms with Crippen LogP contribution < -0.4 is 5.32 Å². The number of nitrogens with one attached hydrogen (secondary N) is 1. The molecule has 2 aliphatic rings. The monoisotopic (exact) mass is 322 g/mol. The lowest BCUT2D eigenvalue weighted by Gasteiger charge is -2.42. The normalized spacial score (nSPS) is 21.4. The summed E-state index contributed by atoms with van der Waals surface area (Å²) >= 11 is 6.55. The van der Waals surface area contributed by atoms with Crippen molar-refractivity contribution in [1.29, 1.82) is 0 Å². The molecule has 22 heavy (non-hydrogen) atoms. The van der Waals surface area contributed by atoms with Crippen molar-refractivity contribution in [3.05, 3.63) is 34.3 Å². The lowest BCUT2D eigenvalue weighted by Crippen LogP contribution is -2.49. The molecule has 0 aliphatic carbocycles. The Morgan fingerprint density at radius 3 is 2.55 bits per heavy atom. The van der Waals surface area contributed by atoms with Crippen LogP contribution in [0.5, 0.6) is 0 Å². The van der Waals surface area contributed by atoms with E-state index in [1.165, 1.54) is 24.0 Å². The van der Waals surface area contributed by atoms with E-state index >= 15 is 0 Å². The molecule has 0 spiro atoms. The van der Waals surface area contributed by atoms with Crippen LogP contribution in [0.25, 0.3) is 0 Å². The quantitative estimate of drug-likeness (QED) is 0.919. The van der Waals surface area contributed by atoms with Crippen molar-refractivity contribution in [2.24, 2.45) is 0 Å². The Labute approximate surface area is 139 Å². The van der Waals surface area contributed by atoms with Crippen LogP contribution in [0.2, 0.25) is 5.02 Å². The first kappa shape index (κ1) is 16.3. The van der Waals surface area contributed by atoms with E-state index in [-0.39, 0.29) is 0 Å². The van der Waals surface area contributed by atoms with Crippen LogP contribution in [-0.4, -0.2) is 43.3 Å². The van der Waals surface area contributed by atoms with Crippen molar-refractivity contribution in [2.45, 2.75) is 51.2 Å². The molecule has 3 nitrogen and oxygen atoms in total. The Morgan fingerprint density at radius 1 is 1.14 bits per heavy atom. The van der Waals surface area contributed by atoms with Gasteiger partial charge in [-0.15, -0.1) is 0 Å². The zero-order chi connectivity index (χ0) is 15.4. The first-order valence-corrected chi connectivity index (χ1v) is 8.91. The zero-order valence-corrected chi connectivity index (χ0v) is 14.2. The molecule has 2 saturated heterocycles. The Morgan fingerprint density at radius 2 is 1.82 bits per heavy atom. The fraction of sp³-hybridized carbons (Fsp3) is 0.667. The summed E-state index contributed by atoms with van der Waals surface area (Å²) in [5, 5.41) is 4.42. The van der Waals surface area contributed by atoms with Gasteiger partial charge in [0.2, 0.25) is 0 Å². The lowest BCUT2D eigenvalue weighted by molar-refractivity contribution is 0.00631. The van der Waals surface area contributed by atoms with Gasteiger partial charge in [0.25, 0.3) is 0 Å². The number of aryl methyl sites for hydroxylation is 1. The highest BCUT2D eigenvalue weighted by molar-refractivity contribution is 6.32. The summed E-state index contributed by atoms with van der Waals surface area (Å²) in [6.45, 7) is 7.12. The molecule has 0 unspecified atom stereocenters. The molecule has 0 radical (unpaired) electrons. The second-order valence-corrected chi connectivity index (χ2v) is 6.92. The first-order valence-electron chi connectivity index (χ1n) is 8.54. The number of rotatable bonds is 4. The molecular weight excluding hydrogens is 296 g/mol. The number of hydrogen-bond acceptors (Lipinski definition) is 3. The SMILES string of the molecule is Cc1cccc(CN(C2CCNCC2)C2CCOCC2)c1Cl. The van der Waals surface area contributed by atoms with Crippen LogP contribution in [0.4, 0.5) is 0 Å². The van der Waals surface area contributed by atoms with Gasteiger partial charge < -0.3 is 10.1 Å². The third-order valence-electron chi connectivity index (χ3n) is 5.06. The molecule has 1 aromatic rings. The molecular formula is C18H27ClN2O. The van der Waals surface area contributed by atoms with Crippen molar-refractivity contribution >= 4 is 11.6 Å². The molecule has 1 N–H and O–H groups in total. The Bertz CT molecular complexity index is 464. The average molecular weight is 323 g/mol. The van der Waals surface area contributed by atoms with E-state index < -0.39 is 0 Å². The fourth-order valence-electron chi connectivity index (χ4n) is 3.74. The summed E-state index contributed by atoms with van der Waals surface area (Å²) in [5.41, 5.74) is 2.45. The highest BCUT2D eigenvalue weighted by Gasteiger charge is 2.29. The van der Waals surface area contributed by atoms with E-state index in [1.54, 1.807) is 0 Å². The van der Waals surface area contributed by atoms with Crippen molar-refractivity contribution in [3.8, 4) is 0 Å². The topological polar surface area (TPSA) is 24.5 Å². The summed E-state index contributed by atoms with van der Waals surface area (Å²) < 4.78 is 5.57. The van der Waals surface area contributed by atoms with Gasteiger partial charge >= 0.3 is 0 Å². The number of benzene rings is 1. The van der Waals surface area contributed by atoms with E-state index in [1.807, 2.05) is 0 Å². The van der Waals surface area contributed by atoms with Gasteiger partial charge in [-0.1, -0.05) is 29.8 Å². The van der Waals surface area contributed by atoms with E-state index in [0.717, 1.165) is 50.7 Å². The smallest absolute Gasteiger partial charge is 0.0480 e. The molecule has 0 bridgehead atoms. The van der Waals surface area contributed by atoms with Crippen molar-refractivity contribution in [1.82, 2.24) is 10.2 Å². The predicted molar refractivity (Wildman–Crippen MR) is 91.5 cm³/mol. The van der Waals surface area contributed by atoms with Gasteiger partial charge in [-0.3, -0.25) is 4.90 Å². The lowest BCUT2D eigenvalue weighted by atomic mass is 9.97. The molecule has 122 valence electrons. The van der Waals surface area contributed by atoms with Crippen molar-refractivity contribution in [3.63, 3.8) is 0 Å². The van der Waals surface area contributed by atoms with Crippen LogP contribution >= 0.6 is 11.6 Å². The summed E-state index contributed by atoms with van der Waals surface area (Å²) in [6.07, 6.45) is 4.77. The van der Waals surface area contributed by atoms with Gasteiger partial charge in [-0.05, 0) is 56.8 Å². The predicted octanol–water partition coefficient (Wildman–Crippen LogP) is 3.38. The van der Waals surface area contributed by atoms with E-state index in [2.05, 4.69) is 35.3 Å². The first-order chi connectivity index (χ1) is 10.8. The van der Waals surface area contributed by atoms with Crippen LogP contribution in [-0.2, 0) is 11.3 Å². The van der Waals surface area contributed by atoms with Crippen LogP contribution in [0, 0.1) is 6.92 Å². The molecule has 3 rings (SSSR count). The van der Waals surface area contributed by atoms with Gasteiger partial charge in [0, 0.05) is 36.9 Å². The van der Waals surface area contributed by atoms with Crippen LogP contribution in [0.3, 0.4) is 0 Å². The maximum absolute atomic E-state index is 6.55. The van der Waals surface area contributed by atoms with Gasteiger partial charge in [0.15, 0.2) is 0 Å². The molecule has 0 saturated carbocycles. The number of halogens is 1. The second-order valence-electron chi connectivity index (χ2n) is 6.55. The van der Waals surface area contributed by atoms with Gasteiger partial charge in [-0.25, -0.2) is 0 Å². The highest BCUT2D eigenvalue weighted by atomic mass is 35.5. The maximum atomic E-state index is 6.55. The molecule has 2 aliphatic heterocycles. The number of piperidine rings is 1. The summed E-state index contributed by atoms with van der Waals surface area (Å²) in [6, 6.07) is 7.70. The molecule has 2 heterocycles. The number of hydrogen-bond donors (Lipinski definition) is 1. The minimum absolute atomic E-state index is 0.633. The van der Waals surface area contributed by atoms with Gasteiger partial charge in [0.1, 0.15) is 0 Å².